The molecule has 0 bridgehead atoms. The van der Waals surface area contributed by atoms with E-state index >= 15 is 0 Å². The largest absolute Gasteiger partial charge is 0.466 e. The van der Waals surface area contributed by atoms with Gasteiger partial charge in [-0.05, 0) is 32.8 Å². The lowest BCUT2D eigenvalue weighted by molar-refractivity contribution is 0.0853. The smallest absolute Gasteiger partial charge is 0.254 e. The van der Waals surface area contributed by atoms with E-state index in [1.54, 1.807) is 13.0 Å². The molecule has 1 aliphatic rings. The van der Waals surface area contributed by atoms with Crippen LogP contribution in [0.25, 0.3) is 0 Å². The third kappa shape index (κ3) is 4.35. The van der Waals surface area contributed by atoms with Crippen LogP contribution in [0.15, 0.2) is 10.5 Å². The molecule has 0 aromatic carbocycles. The molecular weight excluding hydrogens is 258 g/mol. The van der Waals surface area contributed by atoms with Crippen molar-refractivity contribution < 1.29 is 18.7 Å². The molecule has 1 amide bonds. The summed E-state index contributed by atoms with van der Waals surface area (Å²) >= 11 is 0. The van der Waals surface area contributed by atoms with Crippen LogP contribution in [0, 0.1) is 19.8 Å². The predicted molar refractivity (Wildman–Crippen MR) is 74.9 cm³/mol. The Balaban J connectivity index is 1.56. The summed E-state index contributed by atoms with van der Waals surface area (Å²) in [6.45, 7) is 7.35. The Morgan fingerprint density at radius 1 is 1.50 bits per heavy atom. The van der Waals surface area contributed by atoms with Gasteiger partial charge in [0, 0.05) is 25.7 Å². The normalized spacial score (nSPS) is 18.4. The van der Waals surface area contributed by atoms with Crippen LogP contribution in [-0.2, 0) is 9.47 Å². The maximum absolute atomic E-state index is 11.9. The summed E-state index contributed by atoms with van der Waals surface area (Å²) in [4.78, 5) is 11.9. The first-order chi connectivity index (χ1) is 9.66. The molecule has 2 heterocycles. The minimum absolute atomic E-state index is 0.0801. The van der Waals surface area contributed by atoms with Crippen LogP contribution < -0.4 is 5.32 Å². The van der Waals surface area contributed by atoms with Crippen molar-refractivity contribution in [3.63, 3.8) is 0 Å². The van der Waals surface area contributed by atoms with Gasteiger partial charge in [0.15, 0.2) is 0 Å². The van der Waals surface area contributed by atoms with Gasteiger partial charge in [-0.2, -0.15) is 0 Å². The highest BCUT2D eigenvalue weighted by atomic mass is 16.5. The summed E-state index contributed by atoms with van der Waals surface area (Å²) in [5.41, 5.74) is 0.617. The van der Waals surface area contributed by atoms with Gasteiger partial charge in [0.2, 0.25) is 0 Å². The van der Waals surface area contributed by atoms with Crippen molar-refractivity contribution in [1.29, 1.82) is 0 Å². The van der Waals surface area contributed by atoms with E-state index < -0.39 is 0 Å². The first kappa shape index (κ1) is 15.1. The van der Waals surface area contributed by atoms with Gasteiger partial charge < -0.3 is 19.2 Å². The Kier molecular flexibility index (Phi) is 5.61. The molecule has 0 spiro atoms. The highest BCUT2D eigenvalue weighted by Gasteiger charge is 2.15. The molecule has 112 valence electrons. The SMILES string of the molecule is Cc1cc(C(=O)NCCCOC[C@H]2CCOC2)c(C)o1. The number of rotatable bonds is 7. The zero-order valence-corrected chi connectivity index (χ0v) is 12.2. The van der Waals surface area contributed by atoms with Crippen LogP contribution in [0.4, 0.5) is 0 Å². The van der Waals surface area contributed by atoms with Crippen molar-refractivity contribution >= 4 is 5.91 Å². The van der Waals surface area contributed by atoms with E-state index in [2.05, 4.69) is 5.32 Å². The summed E-state index contributed by atoms with van der Waals surface area (Å²) in [5, 5.41) is 2.88. The molecule has 5 nitrogen and oxygen atoms in total. The summed E-state index contributed by atoms with van der Waals surface area (Å²) in [5.74, 6) is 1.89. The molecular formula is C15H23NO4. The number of furan rings is 1. The fourth-order valence-electron chi connectivity index (χ4n) is 2.29. The topological polar surface area (TPSA) is 60.7 Å². The highest BCUT2D eigenvalue weighted by molar-refractivity contribution is 5.95. The lowest BCUT2D eigenvalue weighted by Crippen LogP contribution is -2.25. The van der Waals surface area contributed by atoms with E-state index in [0.29, 0.717) is 30.4 Å². The molecule has 1 aromatic rings. The Labute approximate surface area is 119 Å². The summed E-state index contributed by atoms with van der Waals surface area (Å²) in [6.07, 6.45) is 1.91. The highest BCUT2D eigenvalue weighted by Crippen LogP contribution is 2.13. The predicted octanol–water partition coefficient (Wildman–Crippen LogP) is 2.07. The van der Waals surface area contributed by atoms with Crippen molar-refractivity contribution in [1.82, 2.24) is 5.32 Å². The summed E-state index contributed by atoms with van der Waals surface area (Å²) in [7, 11) is 0. The van der Waals surface area contributed by atoms with E-state index in [-0.39, 0.29) is 5.91 Å². The van der Waals surface area contributed by atoms with Gasteiger partial charge in [-0.25, -0.2) is 0 Å². The summed E-state index contributed by atoms with van der Waals surface area (Å²) < 4.78 is 16.2. The number of hydrogen-bond acceptors (Lipinski definition) is 4. The zero-order valence-electron chi connectivity index (χ0n) is 12.2. The van der Waals surface area contributed by atoms with E-state index in [1.165, 1.54) is 0 Å². The Bertz CT molecular complexity index is 435. The fourth-order valence-corrected chi connectivity index (χ4v) is 2.29. The van der Waals surface area contributed by atoms with Crippen molar-refractivity contribution in [2.75, 3.05) is 33.0 Å². The third-order valence-corrected chi connectivity index (χ3v) is 3.41. The second kappa shape index (κ2) is 7.45. The molecule has 1 aliphatic heterocycles. The molecule has 0 radical (unpaired) electrons. The zero-order chi connectivity index (χ0) is 14.4. The Morgan fingerprint density at radius 2 is 2.35 bits per heavy atom. The third-order valence-electron chi connectivity index (χ3n) is 3.41. The van der Waals surface area contributed by atoms with E-state index in [4.69, 9.17) is 13.9 Å². The first-order valence-electron chi connectivity index (χ1n) is 7.17. The Hall–Kier alpha value is -1.33. The lowest BCUT2D eigenvalue weighted by Gasteiger charge is -2.09. The van der Waals surface area contributed by atoms with Gasteiger partial charge in [-0.3, -0.25) is 4.79 Å². The standard InChI is InChI=1S/C15H23NO4/c1-11-8-14(12(2)20-11)15(17)16-5-3-6-18-9-13-4-7-19-10-13/h8,13H,3-7,9-10H2,1-2H3,(H,16,17)/t13-/m1/s1. The molecule has 1 atom stereocenters. The molecule has 1 fully saturated rings. The average molecular weight is 281 g/mol. The van der Waals surface area contributed by atoms with Gasteiger partial charge >= 0.3 is 0 Å². The number of ether oxygens (including phenoxy) is 2. The number of aryl methyl sites for hydroxylation is 2. The van der Waals surface area contributed by atoms with Gasteiger partial charge in [0.25, 0.3) is 5.91 Å². The number of carbonyl (C=O) groups excluding carboxylic acids is 1. The second-order valence-corrected chi connectivity index (χ2v) is 5.24. The average Bonchev–Trinajstić information content (AvgIpc) is 3.03. The van der Waals surface area contributed by atoms with Gasteiger partial charge in [-0.15, -0.1) is 0 Å². The number of nitrogens with one attached hydrogen (secondary N) is 1. The minimum Gasteiger partial charge on any atom is -0.466 e. The molecule has 20 heavy (non-hydrogen) atoms. The fraction of sp³-hybridized carbons (Fsp3) is 0.667. The van der Waals surface area contributed by atoms with Crippen molar-refractivity contribution in [3.05, 3.63) is 23.2 Å². The maximum Gasteiger partial charge on any atom is 0.254 e. The number of hydrogen-bond donors (Lipinski definition) is 1. The molecule has 0 unspecified atom stereocenters. The molecule has 2 rings (SSSR count). The van der Waals surface area contributed by atoms with Crippen molar-refractivity contribution in [3.8, 4) is 0 Å². The first-order valence-corrected chi connectivity index (χ1v) is 7.17. The van der Waals surface area contributed by atoms with E-state index in [1.807, 2.05) is 6.92 Å². The van der Waals surface area contributed by atoms with E-state index in [0.717, 1.165) is 38.4 Å². The minimum atomic E-state index is -0.0801. The van der Waals surface area contributed by atoms with Gasteiger partial charge in [-0.1, -0.05) is 0 Å². The van der Waals surface area contributed by atoms with Gasteiger partial charge in [0.1, 0.15) is 11.5 Å². The molecule has 5 heteroatoms. The number of amides is 1. The molecule has 1 N–H and O–H groups in total. The Morgan fingerprint density at radius 3 is 3.00 bits per heavy atom. The van der Waals surface area contributed by atoms with Crippen LogP contribution >= 0.6 is 0 Å². The van der Waals surface area contributed by atoms with Crippen LogP contribution in [0.1, 0.15) is 34.7 Å². The second-order valence-electron chi connectivity index (χ2n) is 5.24. The van der Waals surface area contributed by atoms with Crippen LogP contribution in [0.5, 0.6) is 0 Å². The molecule has 0 saturated carbocycles. The summed E-state index contributed by atoms with van der Waals surface area (Å²) in [6, 6.07) is 1.77. The monoisotopic (exact) mass is 281 g/mol. The molecule has 0 aliphatic carbocycles. The molecule has 1 saturated heterocycles. The van der Waals surface area contributed by atoms with E-state index in [9.17, 15) is 4.79 Å². The number of carbonyl (C=O) groups is 1. The van der Waals surface area contributed by atoms with Crippen molar-refractivity contribution in [2.24, 2.45) is 5.92 Å². The van der Waals surface area contributed by atoms with Crippen LogP contribution in [-0.4, -0.2) is 38.9 Å². The lowest BCUT2D eigenvalue weighted by atomic mass is 10.1. The van der Waals surface area contributed by atoms with Crippen LogP contribution in [0.2, 0.25) is 0 Å². The maximum atomic E-state index is 11.9. The quantitative estimate of drug-likeness (QED) is 0.777. The van der Waals surface area contributed by atoms with Crippen LogP contribution in [0.3, 0.4) is 0 Å². The van der Waals surface area contributed by atoms with Gasteiger partial charge in [0.05, 0.1) is 18.8 Å². The molecule has 1 aromatic heterocycles. The van der Waals surface area contributed by atoms with Crippen molar-refractivity contribution in [2.45, 2.75) is 26.7 Å².